The van der Waals surface area contributed by atoms with E-state index >= 15 is 0 Å². The Balaban J connectivity index is 1.27. The molecule has 5 rings (SSSR count). The number of hydrogen-bond donors (Lipinski definition) is 1. The lowest BCUT2D eigenvalue weighted by atomic mass is 9.77. The van der Waals surface area contributed by atoms with Crippen LogP contribution >= 0.6 is 0 Å². The maximum absolute atomic E-state index is 10.9. The number of rotatable bonds is 4. The Bertz CT molecular complexity index is 909. The van der Waals surface area contributed by atoms with Crippen LogP contribution in [-0.4, -0.2) is 50.3 Å². The zero-order valence-electron chi connectivity index (χ0n) is 15.5. The summed E-state index contributed by atoms with van der Waals surface area (Å²) in [4.78, 5) is 11.3. The van der Waals surface area contributed by atoms with Crippen LogP contribution in [-0.2, 0) is 6.42 Å². The van der Waals surface area contributed by atoms with E-state index in [4.69, 9.17) is 0 Å². The van der Waals surface area contributed by atoms with Crippen LogP contribution in [0.2, 0.25) is 0 Å². The summed E-state index contributed by atoms with van der Waals surface area (Å²) in [6, 6.07) is 12.5. The average Bonchev–Trinajstić information content (AvgIpc) is 3.30. The molecule has 1 saturated carbocycles. The minimum atomic E-state index is -0.290. The van der Waals surface area contributed by atoms with Gasteiger partial charge < -0.3 is 14.6 Å². The molecule has 1 aliphatic heterocycles. The molecule has 3 aromatic rings. The molecule has 2 aliphatic rings. The Morgan fingerprint density at radius 1 is 1.04 bits per heavy atom. The van der Waals surface area contributed by atoms with Gasteiger partial charge in [-0.1, -0.05) is 18.2 Å². The number of aliphatic hydroxyl groups is 1. The third kappa shape index (κ3) is 3.26. The van der Waals surface area contributed by atoms with Gasteiger partial charge in [-0.15, -0.1) is 0 Å². The molecule has 0 spiro atoms. The fourth-order valence-corrected chi connectivity index (χ4v) is 5.06. The van der Waals surface area contributed by atoms with E-state index in [0.29, 0.717) is 11.8 Å². The molecule has 0 radical (unpaired) electrons. The van der Waals surface area contributed by atoms with Crippen LogP contribution in [0, 0.1) is 11.8 Å². The van der Waals surface area contributed by atoms with Gasteiger partial charge in [-0.2, -0.15) is 0 Å². The van der Waals surface area contributed by atoms with Crippen molar-refractivity contribution in [2.24, 2.45) is 11.8 Å². The smallest absolute Gasteiger partial charge is 0.0961 e. The zero-order chi connectivity index (χ0) is 18.2. The largest absolute Gasteiger partial charge is 0.391 e. The van der Waals surface area contributed by atoms with Crippen molar-refractivity contribution in [3.8, 4) is 0 Å². The fourth-order valence-electron chi connectivity index (χ4n) is 5.06. The predicted molar refractivity (Wildman–Crippen MR) is 105 cm³/mol. The number of benzene rings is 1. The Morgan fingerprint density at radius 3 is 2.74 bits per heavy atom. The van der Waals surface area contributed by atoms with Crippen LogP contribution in [0.25, 0.3) is 11.0 Å². The maximum atomic E-state index is 10.9. The van der Waals surface area contributed by atoms with Crippen molar-refractivity contribution in [3.63, 3.8) is 0 Å². The molecule has 140 valence electrons. The first kappa shape index (κ1) is 16.9. The standard InChI is InChI=1S/C22H26N4O/c27-22-11-18-14-25(9-7-16-4-3-8-23-12-16)13-17(18)10-21(22)26-15-24-19-5-1-2-6-20(19)26/h1-6,8,12,15,17-18,21-22,27H,7,9-11,13-14H2/t17-,18+,21-,22-/m1/s1. The third-order valence-electron chi connectivity index (χ3n) is 6.46. The van der Waals surface area contributed by atoms with Crippen LogP contribution in [0.15, 0.2) is 55.1 Å². The van der Waals surface area contributed by atoms with Crippen molar-refractivity contribution >= 4 is 11.0 Å². The van der Waals surface area contributed by atoms with Gasteiger partial charge in [0.25, 0.3) is 0 Å². The van der Waals surface area contributed by atoms with E-state index in [0.717, 1.165) is 49.9 Å². The average molecular weight is 362 g/mol. The van der Waals surface area contributed by atoms with Crippen LogP contribution in [0.1, 0.15) is 24.4 Å². The summed E-state index contributed by atoms with van der Waals surface area (Å²) in [6.45, 7) is 3.33. The van der Waals surface area contributed by atoms with Gasteiger partial charge in [0.1, 0.15) is 0 Å². The highest BCUT2D eigenvalue weighted by Crippen LogP contribution is 2.42. The highest BCUT2D eigenvalue weighted by molar-refractivity contribution is 5.75. The topological polar surface area (TPSA) is 54.2 Å². The van der Waals surface area contributed by atoms with Gasteiger partial charge >= 0.3 is 0 Å². The molecular formula is C22H26N4O. The molecule has 2 fully saturated rings. The highest BCUT2D eigenvalue weighted by atomic mass is 16.3. The van der Waals surface area contributed by atoms with Gasteiger partial charge in [0.15, 0.2) is 0 Å². The molecular weight excluding hydrogens is 336 g/mol. The number of para-hydroxylation sites is 2. The molecule has 1 saturated heterocycles. The predicted octanol–water partition coefficient (Wildman–Crippen LogP) is 2.92. The first-order chi connectivity index (χ1) is 13.3. The first-order valence-electron chi connectivity index (χ1n) is 9.99. The van der Waals surface area contributed by atoms with Crippen LogP contribution in [0.3, 0.4) is 0 Å². The van der Waals surface area contributed by atoms with Crippen molar-refractivity contribution in [1.82, 2.24) is 19.4 Å². The molecule has 5 heteroatoms. The van der Waals surface area contributed by atoms with Gasteiger partial charge in [0.05, 0.1) is 29.5 Å². The second kappa shape index (κ2) is 7.06. The van der Waals surface area contributed by atoms with E-state index < -0.39 is 0 Å². The number of nitrogens with zero attached hydrogens (tertiary/aromatic N) is 4. The van der Waals surface area contributed by atoms with E-state index in [-0.39, 0.29) is 12.1 Å². The second-order valence-corrected chi connectivity index (χ2v) is 8.14. The van der Waals surface area contributed by atoms with E-state index in [1.165, 1.54) is 5.56 Å². The highest BCUT2D eigenvalue weighted by Gasteiger charge is 2.42. The summed E-state index contributed by atoms with van der Waals surface area (Å²) in [5, 5.41) is 10.9. The summed E-state index contributed by atoms with van der Waals surface area (Å²) < 4.78 is 2.20. The quantitative estimate of drug-likeness (QED) is 0.775. The lowest BCUT2D eigenvalue weighted by molar-refractivity contribution is 0.0374. The first-order valence-corrected chi connectivity index (χ1v) is 9.99. The minimum Gasteiger partial charge on any atom is -0.391 e. The monoisotopic (exact) mass is 362 g/mol. The SMILES string of the molecule is O[C@@H]1C[C@H]2CN(CCc3cccnc3)C[C@H]2C[C@H]1n1cnc2ccccc21. The maximum Gasteiger partial charge on any atom is 0.0961 e. The van der Waals surface area contributed by atoms with Crippen LogP contribution < -0.4 is 0 Å². The van der Waals surface area contributed by atoms with E-state index in [1.54, 1.807) is 0 Å². The van der Waals surface area contributed by atoms with Gasteiger partial charge in [-0.3, -0.25) is 4.98 Å². The number of likely N-dealkylation sites (tertiary alicyclic amines) is 1. The molecule has 0 unspecified atom stereocenters. The minimum absolute atomic E-state index is 0.136. The van der Waals surface area contributed by atoms with Crippen molar-refractivity contribution in [2.45, 2.75) is 31.4 Å². The molecule has 27 heavy (non-hydrogen) atoms. The number of fused-ring (bicyclic) bond motifs is 2. The van der Waals surface area contributed by atoms with Crippen molar-refractivity contribution in [2.75, 3.05) is 19.6 Å². The summed E-state index contributed by atoms with van der Waals surface area (Å²) in [5.74, 6) is 1.27. The molecule has 1 N–H and O–H groups in total. The van der Waals surface area contributed by atoms with Gasteiger partial charge in [-0.05, 0) is 54.9 Å². The fraction of sp³-hybridized carbons (Fsp3) is 0.455. The molecule has 1 aliphatic carbocycles. The van der Waals surface area contributed by atoms with Gasteiger partial charge in [0, 0.05) is 32.0 Å². The van der Waals surface area contributed by atoms with E-state index in [1.807, 2.05) is 43.0 Å². The lowest BCUT2D eigenvalue weighted by Gasteiger charge is -2.36. The molecule has 1 aromatic carbocycles. The number of imidazole rings is 1. The Labute approximate surface area is 159 Å². The van der Waals surface area contributed by atoms with Crippen LogP contribution in [0.5, 0.6) is 0 Å². The zero-order valence-corrected chi connectivity index (χ0v) is 15.5. The van der Waals surface area contributed by atoms with Gasteiger partial charge in [-0.25, -0.2) is 4.98 Å². The number of aromatic nitrogens is 3. The van der Waals surface area contributed by atoms with E-state index in [9.17, 15) is 5.11 Å². The molecule has 3 heterocycles. The lowest BCUT2D eigenvalue weighted by Crippen LogP contribution is -2.36. The Hall–Kier alpha value is -2.24. The van der Waals surface area contributed by atoms with Crippen molar-refractivity contribution < 1.29 is 5.11 Å². The molecule has 4 atom stereocenters. The van der Waals surface area contributed by atoms with Crippen molar-refractivity contribution in [1.29, 1.82) is 0 Å². The number of hydrogen-bond acceptors (Lipinski definition) is 4. The van der Waals surface area contributed by atoms with E-state index in [2.05, 4.69) is 31.6 Å². The number of aliphatic hydroxyl groups excluding tert-OH is 1. The Morgan fingerprint density at radius 2 is 1.89 bits per heavy atom. The summed E-state index contributed by atoms with van der Waals surface area (Å²) in [5.41, 5.74) is 3.44. The summed E-state index contributed by atoms with van der Waals surface area (Å²) >= 11 is 0. The van der Waals surface area contributed by atoms with Gasteiger partial charge in [0.2, 0.25) is 0 Å². The van der Waals surface area contributed by atoms with Crippen molar-refractivity contribution in [3.05, 3.63) is 60.7 Å². The molecule has 0 amide bonds. The Kier molecular flexibility index (Phi) is 4.42. The van der Waals surface area contributed by atoms with Crippen LogP contribution in [0.4, 0.5) is 0 Å². The summed E-state index contributed by atoms with van der Waals surface area (Å²) in [6.07, 6.45) is 8.39. The third-order valence-corrected chi connectivity index (χ3v) is 6.46. The number of pyridine rings is 1. The molecule has 2 aromatic heterocycles. The normalized spacial score (nSPS) is 28.5. The molecule has 0 bridgehead atoms. The second-order valence-electron chi connectivity index (χ2n) is 8.14. The summed E-state index contributed by atoms with van der Waals surface area (Å²) in [7, 11) is 0. The molecule has 5 nitrogen and oxygen atoms in total.